The summed E-state index contributed by atoms with van der Waals surface area (Å²) in [6, 6.07) is 0. The highest BCUT2D eigenvalue weighted by molar-refractivity contribution is 5.71. The Labute approximate surface area is 351 Å². The summed E-state index contributed by atoms with van der Waals surface area (Å²) in [5.41, 5.74) is 0. The number of unbranched alkanes of at least 4 members (excludes halogenated alkanes) is 22. The summed E-state index contributed by atoms with van der Waals surface area (Å²) in [5, 5.41) is 0. The number of esters is 3. The third-order valence-electron chi connectivity index (χ3n) is 9.82. The fourth-order valence-corrected chi connectivity index (χ4v) is 6.29. The van der Waals surface area contributed by atoms with E-state index in [2.05, 4.69) is 39.0 Å². The molecule has 0 aromatic heterocycles. The van der Waals surface area contributed by atoms with Crippen LogP contribution < -0.4 is 0 Å². The number of rotatable bonds is 41. The summed E-state index contributed by atoms with van der Waals surface area (Å²) in [7, 11) is 0. The number of carbonyl (C=O) groups is 3. The first kappa shape index (κ1) is 53.9. The van der Waals surface area contributed by atoms with Crippen LogP contribution in [0, 0.1) is 0 Å². The van der Waals surface area contributed by atoms with E-state index < -0.39 is 6.10 Å². The molecule has 0 rings (SSSR count). The fourth-order valence-electron chi connectivity index (χ4n) is 6.29. The molecule has 0 aliphatic heterocycles. The monoisotopic (exact) mass is 795 g/mol. The number of allylic oxidation sites excluding steroid dienone is 12. The maximum Gasteiger partial charge on any atom is 0.306 e. The average molecular weight is 795 g/mol. The van der Waals surface area contributed by atoms with Crippen LogP contribution in [-0.2, 0) is 28.6 Å². The summed E-state index contributed by atoms with van der Waals surface area (Å²) in [4.78, 5) is 37.7. The topological polar surface area (TPSA) is 78.9 Å². The van der Waals surface area contributed by atoms with Crippen LogP contribution >= 0.6 is 0 Å². The molecule has 57 heavy (non-hydrogen) atoms. The second-order valence-corrected chi connectivity index (χ2v) is 15.4. The molecule has 0 aromatic carbocycles. The first-order chi connectivity index (χ1) is 28.0. The van der Waals surface area contributed by atoms with E-state index in [1.165, 1.54) is 109 Å². The predicted octanol–water partition coefficient (Wildman–Crippen LogP) is 15.1. The molecular weight excluding hydrogens is 709 g/mol. The van der Waals surface area contributed by atoms with Crippen molar-refractivity contribution in [3.63, 3.8) is 0 Å². The molecule has 1 atom stereocenters. The number of carbonyl (C=O) groups excluding carboxylic acids is 3. The van der Waals surface area contributed by atoms with Crippen molar-refractivity contribution >= 4 is 17.9 Å². The van der Waals surface area contributed by atoms with Gasteiger partial charge in [0.1, 0.15) is 13.2 Å². The van der Waals surface area contributed by atoms with Gasteiger partial charge in [-0.3, -0.25) is 14.4 Å². The molecule has 0 saturated heterocycles. The van der Waals surface area contributed by atoms with Crippen LogP contribution in [0.3, 0.4) is 0 Å². The molecule has 0 radical (unpaired) electrons. The van der Waals surface area contributed by atoms with Crippen LogP contribution in [0.25, 0.3) is 0 Å². The van der Waals surface area contributed by atoms with Gasteiger partial charge in [0, 0.05) is 19.3 Å². The van der Waals surface area contributed by atoms with E-state index in [1.54, 1.807) is 0 Å². The van der Waals surface area contributed by atoms with Gasteiger partial charge in [-0.05, 0) is 57.8 Å². The molecule has 0 heterocycles. The Morgan fingerprint density at radius 1 is 0.368 bits per heavy atom. The van der Waals surface area contributed by atoms with Crippen LogP contribution in [0.5, 0.6) is 0 Å². The second kappa shape index (κ2) is 45.6. The van der Waals surface area contributed by atoms with Crippen molar-refractivity contribution in [2.75, 3.05) is 13.2 Å². The summed E-state index contributed by atoms with van der Waals surface area (Å²) >= 11 is 0. The standard InChI is InChI=1S/C51H86O6/c1-4-7-10-13-16-19-22-24-25-26-28-29-32-35-38-41-44-50(53)56-47-48(46-55-49(52)43-40-37-34-31-21-18-15-12-9-6-3)57-51(54)45-42-39-36-33-30-27-23-20-17-14-11-8-5-2/h8,11,14,17,20,23,25-27,30,33,36,48H,4-7,9-10,12-13,15-16,18-19,21-22,24,28-29,31-32,34-35,37-47H2,1-3H3/b11-8-,17-14-,23-20-,26-25-,30-27-,36-33-. The van der Waals surface area contributed by atoms with Gasteiger partial charge in [-0.2, -0.15) is 0 Å². The highest BCUT2D eigenvalue weighted by Gasteiger charge is 2.19. The minimum atomic E-state index is -0.811. The molecule has 6 nitrogen and oxygen atoms in total. The molecule has 0 aromatic rings. The molecule has 0 bridgehead atoms. The van der Waals surface area contributed by atoms with E-state index in [-0.39, 0.29) is 37.5 Å². The Morgan fingerprint density at radius 3 is 1.16 bits per heavy atom. The minimum absolute atomic E-state index is 0.106. The molecule has 0 amide bonds. The van der Waals surface area contributed by atoms with E-state index >= 15 is 0 Å². The van der Waals surface area contributed by atoms with Gasteiger partial charge in [-0.25, -0.2) is 0 Å². The van der Waals surface area contributed by atoms with Gasteiger partial charge >= 0.3 is 17.9 Å². The Hall–Kier alpha value is -3.15. The molecule has 0 N–H and O–H groups in total. The van der Waals surface area contributed by atoms with Crippen molar-refractivity contribution in [1.29, 1.82) is 0 Å². The smallest absolute Gasteiger partial charge is 0.306 e. The van der Waals surface area contributed by atoms with Crippen LogP contribution in [0.1, 0.15) is 213 Å². The SMILES string of the molecule is CC\C=C/C=C\C=C/C=C\C=C/CCCC(=O)OC(COC(=O)CCCCCCC/C=C\CCCCCCCCC)COC(=O)CCCCCCCCCCCC. The van der Waals surface area contributed by atoms with Gasteiger partial charge < -0.3 is 14.2 Å². The van der Waals surface area contributed by atoms with Crippen LogP contribution in [0.4, 0.5) is 0 Å². The van der Waals surface area contributed by atoms with Gasteiger partial charge in [0.15, 0.2) is 6.10 Å². The average Bonchev–Trinajstić information content (AvgIpc) is 3.21. The molecule has 0 aliphatic carbocycles. The highest BCUT2D eigenvalue weighted by Crippen LogP contribution is 2.14. The van der Waals surface area contributed by atoms with Gasteiger partial charge in [0.25, 0.3) is 0 Å². The molecule has 326 valence electrons. The van der Waals surface area contributed by atoms with Crippen LogP contribution in [0.2, 0.25) is 0 Å². The lowest BCUT2D eigenvalue weighted by atomic mass is 10.1. The van der Waals surface area contributed by atoms with E-state index in [0.717, 1.165) is 57.8 Å². The van der Waals surface area contributed by atoms with Crippen molar-refractivity contribution in [3.8, 4) is 0 Å². The van der Waals surface area contributed by atoms with Gasteiger partial charge in [-0.1, -0.05) is 209 Å². The molecule has 0 saturated carbocycles. The van der Waals surface area contributed by atoms with Gasteiger partial charge in [-0.15, -0.1) is 0 Å². The lowest BCUT2D eigenvalue weighted by Gasteiger charge is -2.18. The molecule has 0 spiro atoms. The fraction of sp³-hybridized carbons (Fsp3) is 0.706. The maximum absolute atomic E-state index is 12.7. The minimum Gasteiger partial charge on any atom is -0.462 e. The van der Waals surface area contributed by atoms with Crippen molar-refractivity contribution in [1.82, 2.24) is 0 Å². The molecule has 0 aliphatic rings. The lowest BCUT2D eigenvalue weighted by Crippen LogP contribution is -2.30. The molecule has 0 fully saturated rings. The van der Waals surface area contributed by atoms with Crippen molar-refractivity contribution in [3.05, 3.63) is 72.9 Å². The van der Waals surface area contributed by atoms with Crippen LogP contribution in [0.15, 0.2) is 72.9 Å². The summed E-state index contributed by atoms with van der Waals surface area (Å²) in [5.74, 6) is -0.994. The molecule has 6 heteroatoms. The molecular formula is C51H86O6. The normalized spacial score (nSPS) is 12.7. The zero-order valence-electron chi connectivity index (χ0n) is 37.1. The summed E-state index contributed by atoms with van der Waals surface area (Å²) in [6.45, 7) is 6.40. The largest absolute Gasteiger partial charge is 0.462 e. The first-order valence-corrected chi connectivity index (χ1v) is 23.5. The van der Waals surface area contributed by atoms with E-state index in [4.69, 9.17) is 14.2 Å². The van der Waals surface area contributed by atoms with Gasteiger partial charge in [0.2, 0.25) is 0 Å². The number of hydrogen-bond donors (Lipinski definition) is 0. The Morgan fingerprint density at radius 2 is 0.719 bits per heavy atom. The van der Waals surface area contributed by atoms with E-state index in [9.17, 15) is 14.4 Å². The Bertz CT molecular complexity index is 1100. The second-order valence-electron chi connectivity index (χ2n) is 15.4. The van der Waals surface area contributed by atoms with Crippen molar-refractivity contribution in [2.45, 2.75) is 219 Å². The molecule has 1 unspecified atom stereocenters. The van der Waals surface area contributed by atoms with Crippen molar-refractivity contribution < 1.29 is 28.6 Å². The number of hydrogen-bond acceptors (Lipinski definition) is 6. The Kier molecular flexibility index (Phi) is 43.0. The maximum atomic E-state index is 12.7. The van der Waals surface area contributed by atoms with Crippen LogP contribution in [-0.4, -0.2) is 37.2 Å². The third kappa shape index (κ3) is 43.8. The zero-order chi connectivity index (χ0) is 41.5. The third-order valence-corrected chi connectivity index (χ3v) is 9.82. The predicted molar refractivity (Wildman–Crippen MR) is 242 cm³/mol. The zero-order valence-corrected chi connectivity index (χ0v) is 37.1. The lowest BCUT2D eigenvalue weighted by molar-refractivity contribution is -0.167. The number of ether oxygens (including phenoxy) is 3. The van der Waals surface area contributed by atoms with Gasteiger partial charge in [0.05, 0.1) is 0 Å². The first-order valence-electron chi connectivity index (χ1n) is 23.5. The Balaban J connectivity index is 4.47. The summed E-state index contributed by atoms with van der Waals surface area (Å²) in [6.07, 6.45) is 56.1. The van der Waals surface area contributed by atoms with E-state index in [0.29, 0.717) is 19.3 Å². The summed E-state index contributed by atoms with van der Waals surface area (Å²) < 4.78 is 16.6. The quantitative estimate of drug-likeness (QED) is 0.0202. The van der Waals surface area contributed by atoms with E-state index in [1.807, 2.05) is 54.7 Å². The highest BCUT2D eigenvalue weighted by atomic mass is 16.6. The van der Waals surface area contributed by atoms with Crippen molar-refractivity contribution in [2.24, 2.45) is 0 Å².